The molecule has 4 nitrogen and oxygen atoms in total. The molecule has 0 spiro atoms. The van der Waals surface area contributed by atoms with Crippen LogP contribution >= 0.6 is 0 Å². The number of nitrogens with zero attached hydrogens (tertiary/aromatic N) is 2. The normalized spacial score (nSPS) is 10.4. The minimum atomic E-state index is 0.0622. The molecule has 0 bridgehead atoms. The van der Waals surface area contributed by atoms with E-state index in [4.69, 9.17) is 0 Å². The van der Waals surface area contributed by atoms with Crippen molar-refractivity contribution in [1.82, 2.24) is 9.97 Å². The van der Waals surface area contributed by atoms with Crippen LogP contribution in [0.15, 0.2) is 36.7 Å². The van der Waals surface area contributed by atoms with Gasteiger partial charge in [0.25, 0.3) is 0 Å². The van der Waals surface area contributed by atoms with Crippen LogP contribution in [0.2, 0.25) is 0 Å². The summed E-state index contributed by atoms with van der Waals surface area (Å²) in [6.45, 7) is 6.12. The predicted octanol–water partition coefficient (Wildman–Crippen LogP) is 2.96. The molecule has 2 aromatic heterocycles. The summed E-state index contributed by atoms with van der Waals surface area (Å²) >= 11 is 0. The molecule has 2 heterocycles. The van der Waals surface area contributed by atoms with Crippen LogP contribution in [0.25, 0.3) is 0 Å². The Hall–Kier alpha value is -2.10. The van der Waals surface area contributed by atoms with E-state index in [0.29, 0.717) is 0 Å². The van der Waals surface area contributed by atoms with Gasteiger partial charge in [0, 0.05) is 12.4 Å². The van der Waals surface area contributed by atoms with Crippen LogP contribution in [0.4, 0.5) is 11.6 Å². The van der Waals surface area contributed by atoms with E-state index in [1.54, 1.807) is 12.4 Å². The number of hydrogen-bond acceptors (Lipinski definition) is 4. The summed E-state index contributed by atoms with van der Waals surface area (Å²) in [5.41, 5.74) is 2.26. The summed E-state index contributed by atoms with van der Waals surface area (Å²) in [6, 6.07) is 7.94. The van der Waals surface area contributed by atoms with Gasteiger partial charge in [-0.3, -0.25) is 0 Å². The van der Waals surface area contributed by atoms with Crippen molar-refractivity contribution >= 4 is 11.6 Å². The van der Waals surface area contributed by atoms with E-state index in [-0.39, 0.29) is 6.17 Å². The summed E-state index contributed by atoms with van der Waals surface area (Å²) < 4.78 is 0. The highest BCUT2D eigenvalue weighted by Crippen LogP contribution is 2.14. The fraction of sp³-hybridized carbons (Fsp3) is 0.286. The second kappa shape index (κ2) is 5.49. The fourth-order valence-electron chi connectivity index (χ4n) is 1.72. The zero-order chi connectivity index (χ0) is 13.0. The third kappa shape index (κ3) is 2.97. The number of hydrogen-bond donors (Lipinski definition) is 2. The van der Waals surface area contributed by atoms with Gasteiger partial charge in [0.1, 0.15) is 11.6 Å². The maximum Gasteiger partial charge on any atom is 0.130 e. The smallest absolute Gasteiger partial charge is 0.130 e. The average molecular weight is 242 g/mol. The molecule has 0 atom stereocenters. The Morgan fingerprint density at radius 3 is 1.72 bits per heavy atom. The van der Waals surface area contributed by atoms with Crippen molar-refractivity contribution in [2.24, 2.45) is 0 Å². The Morgan fingerprint density at radius 2 is 1.33 bits per heavy atom. The number of aromatic nitrogens is 2. The second-order valence-electron chi connectivity index (χ2n) is 4.35. The van der Waals surface area contributed by atoms with Crippen molar-refractivity contribution in [2.45, 2.75) is 26.9 Å². The molecular formula is C14H18N4. The number of aryl methyl sites for hydroxylation is 2. The van der Waals surface area contributed by atoms with Gasteiger partial charge >= 0.3 is 0 Å². The van der Waals surface area contributed by atoms with Crippen molar-refractivity contribution in [3.05, 3.63) is 47.8 Å². The highest BCUT2D eigenvalue weighted by molar-refractivity contribution is 5.48. The maximum absolute atomic E-state index is 4.31. The number of nitrogens with one attached hydrogen (secondary N) is 2. The molecule has 2 N–H and O–H groups in total. The van der Waals surface area contributed by atoms with Crippen molar-refractivity contribution in [2.75, 3.05) is 10.6 Å². The van der Waals surface area contributed by atoms with Crippen molar-refractivity contribution < 1.29 is 0 Å². The Balaban J connectivity index is 2.04. The minimum absolute atomic E-state index is 0.0622. The molecular weight excluding hydrogens is 224 g/mol. The van der Waals surface area contributed by atoms with E-state index >= 15 is 0 Å². The third-order valence-electron chi connectivity index (χ3n) is 2.73. The molecule has 0 aliphatic heterocycles. The Bertz CT molecular complexity index is 477. The van der Waals surface area contributed by atoms with Crippen molar-refractivity contribution in [3.63, 3.8) is 0 Å². The lowest BCUT2D eigenvalue weighted by atomic mass is 10.2. The Kier molecular flexibility index (Phi) is 3.77. The topological polar surface area (TPSA) is 49.8 Å². The largest absolute Gasteiger partial charge is 0.350 e. The first-order chi connectivity index (χ1) is 8.66. The fourth-order valence-corrected chi connectivity index (χ4v) is 1.72. The minimum Gasteiger partial charge on any atom is -0.350 e. The zero-order valence-corrected chi connectivity index (χ0v) is 10.9. The van der Waals surface area contributed by atoms with Crippen LogP contribution in [0, 0.1) is 13.8 Å². The third-order valence-corrected chi connectivity index (χ3v) is 2.73. The lowest BCUT2D eigenvalue weighted by molar-refractivity contribution is 0.889. The lowest BCUT2D eigenvalue weighted by Crippen LogP contribution is -2.26. The molecule has 2 aromatic rings. The highest BCUT2D eigenvalue weighted by Gasteiger charge is 2.06. The maximum atomic E-state index is 4.31. The van der Waals surface area contributed by atoms with Gasteiger partial charge in [0.15, 0.2) is 0 Å². The Morgan fingerprint density at radius 1 is 0.889 bits per heavy atom. The summed E-state index contributed by atoms with van der Waals surface area (Å²) in [5.74, 6) is 1.79. The first kappa shape index (κ1) is 12.4. The molecule has 0 aromatic carbocycles. The van der Waals surface area contributed by atoms with Gasteiger partial charge in [-0.15, -0.1) is 0 Å². The number of anilines is 2. The van der Waals surface area contributed by atoms with E-state index in [9.17, 15) is 0 Å². The summed E-state index contributed by atoms with van der Waals surface area (Å²) in [4.78, 5) is 8.62. The van der Waals surface area contributed by atoms with Crippen LogP contribution in [-0.4, -0.2) is 16.1 Å². The molecule has 0 saturated carbocycles. The standard InChI is InChI=1S/C14H18N4/c1-10-6-4-8-15-13(10)17-12(3)18-14-11(2)7-5-9-16-14/h4-9,12H,1-3H3,(H,15,17)(H,16,18). The first-order valence-corrected chi connectivity index (χ1v) is 6.03. The molecule has 0 saturated heterocycles. The summed E-state index contributed by atoms with van der Waals surface area (Å²) in [7, 11) is 0. The van der Waals surface area contributed by atoms with E-state index < -0.39 is 0 Å². The van der Waals surface area contributed by atoms with Crippen molar-refractivity contribution in [3.8, 4) is 0 Å². The molecule has 0 radical (unpaired) electrons. The zero-order valence-electron chi connectivity index (χ0n) is 10.9. The number of rotatable bonds is 4. The van der Waals surface area contributed by atoms with Gasteiger partial charge in [0.05, 0.1) is 6.17 Å². The molecule has 0 fully saturated rings. The van der Waals surface area contributed by atoms with Gasteiger partial charge in [-0.05, 0) is 44.0 Å². The van der Waals surface area contributed by atoms with E-state index in [2.05, 4.69) is 20.6 Å². The second-order valence-corrected chi connectivity index (χ2v) is 4.35. The average Bonchev–Trinajstić information content (AvgIpc) is 2.35. The van der Waals surface area contributed by atoms with Crippen LogP contribution in [0.3, 0.4) is 0 Å². The van der Waals surface area contributed by atoms with Gasteiger partial charge < -0.3 is 10.6 Å². The van der Waals surface area contributed by atoms with Crippen LogP contribution in [-0.2, 0) is 0 Å². The molecule has 18 heavy (non-hydrogen) atoms. The molecule has 0 aliphatic rings. The first-order valence-electron chi connectivity index (χ1n) is 6.03. The molecule has 2 rings (SSSR count). The molecule has 0 unspecified atom stereocenters. The molecule has 0 aliphatic carbocycles. The van der Waals surface area contributed by atoms with E-state index in [0.717, 1.165) is 22.8 Å². The van der Waals surface area contributed by atoms with Crippen LogP contribution < -0.4 is 10.6 Å². The monoisotopic (exact) mass is 242 g/mol. The predicted molar refractivity (Wildman–Crippen MR) is 74.7 cm³/mol. The molecule has 0 amide bonds. The van der Waals surface area contributed by atoms with E-state index in [1.165, 1.54) is 0 Å². The van der Waals surface area contributed by atoms with Gasteiger partial charge in [0.2, 0.25) is 0 Å². The summed E-state index contributed by atoms with van der Waals surface area (Å²) in [6.07, 6.45) is 3.63. The summed E-state index contributed by atoms with van der Waals surface area (Å²) in [5, 5.41) is 6.65. The van der Waals surface area contributed by atoms with Gasteiger partial charge in [-0.25, -0.2) is 9.97 Å². The van der Waals surface area contributed by atoms with Gasteiger partial charge in [-0.1, -0.05) is 12.1 Å². The SMILES string of the molecule is Cc1cccnc1NC(C)Nc1ncccc1C. The molecule has 4 heteroatoms. The van der Waals surface area contributed by atoms with E-state index in [1.807, 2.05) is 45.0 Å². The van der Waals surface area contributed by atoms with Gasteiger partial charge in [-0.2, -0.15) is 0 Å². The lowest BCUT2D eigenvalue weighted by Gasteiger charge is -2.19. The number of pyridine rings is 2. The highest BCUT2D eigenvalue weighted by atomic mass is 15.2. The Labute approximate surface area is 107 Å². The molecule has 94 valence electrons. The van der Waals surface area contributed by atoms with Crippen LogP contribution in [0.1, 0.15) is 18.1 Å². The van der Waals surface area contributed by atoms with Crippen LogP contribution in [0.5, 0.6) is 0 Å². The van der Waals surface area contributed by atoms with Crippen molar-refractivity contribution in [1.29, 1.82) is 0 Å². The quantitative estimate of drug-likeness (QED) is 0.809.